The Bertz CT molecular complexity index is 163. The zero-order valence-electron chi connectivity index (χ0n) is 12.6. The van der Waals surface area contributed by atoms with E-state index in [1.807, 2.05) is 0 Å². The standard InChI is InChI=1S/C15H33NO2/c1-4-5-6-7-8-9-10-18-13-15(17)12-16-11-14(2)3/h14-17H,4-13H2,1-3H3. The van der Waals surface area contributed by atoms with E-state index in [1.54, 1.807) is 0 Å². The van der Waals surface area contributed by atoms with Crippen molar-refractivity contribution in [2.75, 3.05) is 26.3 Å². The van der Waals surface area contributed by atoms with Gasteiger partial charge in [-0.1, -0.05) is 52.9 Å². The van der Waals surface area contributed by atoms with Gasteiger partial charge in [0.2, 0.25) is 0 Å². The molecule has 1 atom stereocenters. The van der Waals surface area contributed by atoms with Crippen molar-refractivity contribution in [2.24, 2.45) is 5.92 Å². The molecule has 0 aliphatic carbocycles. The molecule has 0 saturated heterocycles. The van der Waals surface area contributed by atoms with Crippen LogP contribution >= 0.6 is 0 Å². The number of hydrogen-bond acceptors (Lipinski definition) is 3. The summed E-state index contributed by atoms with van der Waals surface area (Å²) < 4.78 is 5.47. The first-order chi connectivity index (χ1) is 8.66. The molecule has 1 unspecified atom stereocenters. The van der Waals surface area contributed by atoms with Crippen molar-refractivity contribution < 1.29 is 9.84 Å². The first kappa shape index (κ1) is 17.9. The molecule has 110 valence electrons. The van der Waals surface area contributed by atoms with Crippen molar-refractivity contribution in [1.29, 1.82) is 0 Å². The normalized spacial score (nSPS) is 13.2. The fraction of sp³-hybridized carbons (Fsp3) is 1.00. The molecule has 3 nitrogen and oxygen atoms in total. The van der Waals surface area contributed by atoms with Crippen LogP contribution in [0.3, 0.4) is 0 Å². The Morgan fingerprint density at radius 3 is 2.33 bits per heavy atom. The van der Waals surface area contributed by atoms with E-state index in [9.17, 15) is 5.11 Å². The van der Waals surface area contributed by atoms with Gasteiger partial charge in [0, 0.05) is 13.2 Å². The number of hydrogen-bond donors (Lipinski definition) is 2. The lowest BCUT2D eigenvalue weighted by Crippen LogP contribution is -2.32. The molecule has 0 bridgehead atoms. The SMILES string of the molecule is CCCCCCCCOCC(O)CNCC(C)C. The predicted molar refractivity (Wildman–Crippen MR) is 77.9 cm³/mol. The molecule has 18 heavy (non-hydrogen) atoms. The average Bonchev–Trinajstić information content (AvgIpc) is 2.32. The van der Waals surface area contributed by atoms with Crippen LogP contribution in [0.4, 0.5) is 0 Å². The van der Waals surface area contributed by atoms with Crippen molar-refractivity contribution in [1.82, 2.24) is 5.32 Å². The molecule has 0 aromatic carbocycles. The van der Waals surface area contributed by atoms with E-state index in [1.165, 1.54) is 32.1 Å². The number of aliphatic hydroxyl groups excluding tert-OH is 1. The largest absolute Gasteiger partial charge is 0.389 e. The molecule has 0 fully saturated rings. The number of nitrogens with one attached hydrogen (secondary N) is 1. The summed E-state index contributed by atoms with van der Waals surface area (Å²) in [7, 11) is 0. The van der Waals surface area contributed by atoms with Crippen molar-refractivity contribution in [3.05, 3.63) is 0 Å². The molecule has 0 saturated carbocycles. The lowest BCUT2D eigenvalue weighted by Gasteiger charge is -2.13. The monoisotopic (exact) mass is 259 g/mol. The molecule has 0 radical (unpaired) electrons. The van der Waals surface area contributed by atoms with Gasteiger partial charge >= 0.3 is 0 Å². The third-order valence-electron chi connectivity index (χ3n) is 2.89. The summed E-state index contributed by atoms with van der Waals surface area (Å²) in [6, 6.07) is 0. The summed E-state index contributed by atoms with van der Waals surface area (Å²) in [5, 5.41) is 12.9. The maximum absolute atomic E-state index is 9.65. The molecule has 0 spiro atoms. The Morgan fingerprint density at radius 1 is 1.00 bits per heavy atom. The van der Waals surface area contributed by atoms with E-state index in [0.29, 0.717) is 19.1 Å². The minimum absolute atomic E-state index is 0.371. The highest BCUT2D eigenvalue weighted by Gasteiger charge is 2.03. The average molecular weight is 259 g/mol. The van der Waals surface area contributed by atoms with Crippen LogP contribution in [0.5, 0.6) is 0 Å². The Balaban J connectivity index is 3.12. The summed E-state index contributed by atoms with van der Waals surface area (Å²) in [5.41, 5.74) is 0. The van der Waals surface area contributed by atoms with Crippen LogP contribution in [0, 0.1) is 5.92 Å². The van der Waals surface area contributed by atoms with E-state index in [0.717, 1.165) is 19.6 Å². The number of unbranched alkanes of at least 4 members (excludes halogenated alkanes) is 5. The molecule has 0 rings (SSSR count). The first-order valence-corrected chi connectivity index (χ1v) is 7.63. The lowest BCUT2D eigenvalue weighted by molar-refractivity contribution is 0.0352. The lowest BCUT2D eigenvalue weighted by atomic mass is 10.1. The fourth-order valence-electron chi connectivity index (χ4n) is 1.80. The van der Waals surface area contributed by atoms with Gasteiger partial charge in [0.15, 0.2) is 0 Å². The Hall–Kier alpha value is -0.120. The van der Waals surface area contributed by atoms with Crippen LogP contribution < -0.4 is 5.32 Å². The Morgan fingerprint density at radius 2 is 1.67 bits per heavy atom. The van der Waals surface area contributed by atoms with Gasteiger partial charge in [0.05, 0.1) is 12.7 Å². The molecule has 3 heteroatoms. The Labute approximate surface area is 113 Å². The van der Waals surface area contributed by atoms with Gasteiger partial charge in [-0.2, -0.15) is 0 Å². The highest BCUT2D eigenvalue weighted by molar-refractivity contribution is 4.59. The summed E-state index contributed by atoms with van der Waals surface area (Å²) in [4.78, 5) is 0. The third-order valence-corrected chi connectivity index (χ3v) is 2.89. The molecule has 2 N–H and O–H groups in total. The van der Waals surface area contributed by atoms with Gasteiger partial charge < -0.3 is 15.2 Å². The minimum Gasteiger partial charge on any atom is -0.389 e. The quantitative estimate of drug-likeness (QED) is 0.500. The van der Waals surface area contributed by atoms with Gasteiger partial charge in [-0.25, -0.2) is 0 Å². The molecule has 0 heterocycles. The van der Waals surface area contributed by atoms with Crippen molar-refractivity contribution in [2.45, 2.75) is 65.4 Å². The zero-order chi connectivity index (χ0) is 13.6. The van der Waals surface area contributed by atoms with Crippen LogP contribution in [0.15, 0.2) is 0 Å². The van der Waals surface area contributed by atoms with Crippen molar-refractivity contribution in [3.63, 3.8) is 0 Å². The zero-order valence-corrected chi connectivity index (χ0v) is 12.6. The van der Waals surface area contributed by atoms with Crippen molar-refractivity contribution >= 4 is 0 Å². The third kappa shape index (κ3) is 13.9. The van der Waals surface area contributed by atoms with E-state index in [-0.39, 0.29) is 6.10 Å². The predicted octanol–water partition coefficient (Wildman–Crippen LogP) is 2.97. The second-order valence-corrected chi connectivity index (χ2v) is 5.55. The topological polar surface area (TPSA) is 41.5 Å². The van der Waals surface area contributed by atoms with Crippen LogP contribution in [0.1, 0.15) is 59.3 Å². The molecule has 0 aliphatic heterocycles. The van der Waals surface area contributed by atoms with E-state index in [4.69, 9.17) is 4.74 Å². The minimum atomic E-state index is -0.371. The highest BCUT2D eigenvalue weighted by Crippen LogP contribution is 2.04. The molecule has 0 aromatic rings. The van der Waals surface area contributed by atoms with Crippen molar-refractivity contribution in [3.8, 4) is 0 Å². The second-order valence-electron chi connectivity index (χ2n) is 5.55. The van der Waals surface area contributed by atoms with E-state index < -0.39 is 0 Å². The van der Waals surface area contributed by atoms with Crippen LogP contribution in [-0.4, -0.2) is 37.5 Å². The first-order valence-electron chi connectivity index (χ1n) is 7.63. The highest BCUT2D eigenvalue weighted by atomic mass is 16.5. The van der Waals surface area contributed by atoms with Gasteiger partial charge in [0.25, 0.3) is 0 Å². The maximum Gasteiger partial charge on any atom is 0.0897 e. The van der Waals surface area contributed by atoms with Gasteiger partial charge in [-0.15, -0.1) is 0 Å². The Kier molecular flexibility index (Phi) is 13.2. The fourth-order valence-corrected chi connectivity index (χ4v) is 1.80. The van der Waals surface area contributed by atoms with Crippen LogP contribution in [-0.2, 0) is 4.74 Å². The van der Waals surface area contributed by atoms with Gasteiger partial charge in [0.1, 0.15) is 0 Å². The number of ether oxygens (including phenoxy) is 1. The smallest absolute Gasteiger partial charge is 0.0897 e. The van der Waals surface area contributed by atoms with Gasteiger partial charge in [-0.05, 0) is 18.9 Å². The molecular weight excluding hydrogens is 226 g/mol. The van der Waals surface area contributed by atoms with Crippen LogP contribution in [0.2, 0.25) is 0 Å². The van der Waals surface area contributed by atoms with E-state index in [2.05, 4.69) is 26.1 Å². The summed E-state index contributed by atoms with van der Waals surface area (Å²) >= 11 is 0. The van der Waals surface area contributed by atoms with E-state index >= 15 is 0 Å². The molecule has 0 amide bonds. The summed E-state index contributed by atoms with van der Waals surface area (Å²) in [5.74, 6) is 0.626. The second kappa shape index (κ2) is 13.3. The van der Waals surface area contributed by atoms with Crippen LogP contribution in [0.25, 0.3) is 0 Å². The maximum atomic E-state index is 9.65. The summed E-state index contributed by atoms with van der Waals surface area (Å²) in [6.07, 6.45) is 7.31. The number of rotatable bonds is 13. The molecular formula is C15H33NO2. The number of aliphatic hydroxyl groups is 1. The molecule has 0 aliphatic rings. The summed E-state index contributed by atoms with van der Waals surface area (Å²) in [6.45, 7) is 9.39. The van der Waals surface area contributed by atoms with Gasteiger partial charge in [-0.3, -0.25) is 0 Å². The molecule has 0 aromatic heterocycles.